The number of hydrogen-bond acceptors (Lipinski definition) is 1. The van der Waals surface area contributed by atoms with Crippen LogP contribution in [-0.4, -0.2) is 9.78 Å². The third-order valence-corrected chi connectivity index (χ3v) is 3.76. The molecular formula is C13H13Cl3N2. The summed E-state index contributed by atoms with van der Waals surface area (Å²) in [6.45, 7) is 2.13. The third-order valence-electron chi connectivity index (χ3n) is 2.73. The van der Waals surface area contributed by atoms with Gasteiger partial charge in [-0.25, -0.2) is 4.68 Å². The Bertz CT molecular complexity index is 549. The lowest BCUT2D eigenvalue weighted by atomic mass is 10.2. The van der Waals surface area contributed by atoms with Gasteiger partial charge in [-0.2, -0.15) is 5.10 Å². The Kier molecular flexibility index (Phi) is 4.55. The van der Waals surface area contributed by atoms with Crippen molar-refractivity contribution in [3.8, 4) is 5.69 Å². The normalized spacial score (nSPS) is 10.9. The molecule has 0 aliphatic heterocycles. The third kappa shape index (κ3) is 2.66. The Morgan fingerprint density at radius 3 is 2.61 bits per heavy atom. The number of nitrogens with zero attached hydrogens (tertiary/aromatic N) is 2. The molecule has 96 valence electrons. The highest BCUT2D eigenvalue weighted by molar-refractivity contribution is 6.42. The van der Waals surface area contributed by atoms with E-state index in [9.17, 15) is 0 Å². The van der Waals surface area contributed by atoms with Gasteiger partial charge < -0.3 is 0 Å². The lowest BCUT2D eigenvalue weighted by Gasteiger charge is -2.09. The van der Waals surface area contributed by atoms with Crippen LogP contribution in [0.3, 0.4) is 0 Å². The highest BCUT2D eigenvalue weighted by Gasteiger charge is 2.11. The van der Waals surface area contributed by atoms with Crippen molar-refractivity contribution in [3.05, 3.63) is 45.7 Å². The molecular weight excluding hydrogens is 291 g/mol. The average Bonchev–Trinajstić information content (AvgIpc) is 2.76. The quantitative estimate of drug-likeness (QED) is 0.737. The molecule has 18 heavy (non-hydrogen) atoms. The molecule has 0 amide bonds. The summed E-state index contributed by atoms with van der Waals surface area (Å²) in [5.74, 6) is 0.469. The summed E-state index contributed by atoms with van der Waals surface area (Å²) in [5.41, 5.74) is 3.10. The van der Waals surface area contributed by atoms with Gasteiger partial charge in [0.1, 0.15) is 0 Å². The van der Waals surface area contributed by atoms with Crippen LogP contribution in [-0.2, 0) is 12.3 Å². The Morgan fingerprint density at radius 2 is 2.00 bits per heavy atom. The highest BCUT2D eigenvalue weighted by Crippen LogP contribution is 2.26. The first kappa shape index (κ1) is 13.7. The molecule has 1 aromatic carbocycles. The van der Waals surface area contributed by atoms with Gasteiger partial charge in [-0.05, 0) is 24.6 Å². The van der Waals surface area contributed by atoms with Crippen LogP contribution >= 0.6 is 34.8 Å². The molecule has 0 atom stereocenters. The molecule has 0 fully saturated rings. The zero-order valence-electron chi connectivity index (χ0n) is 9.96. The number of rotatable bonds is 4. The van der Waals surface area contributed by atoms with E-state index >= 15 is 0 Å². The average molecular weight is 304 g/mol. The van der Waals surface area contributed by atoms with Gasteiger partial charge in [0.2, 0.25) is 0 Å². The van der Waals surface area contributed by atoms with Crippen LogP contribution in [0, 0.1) is 0 Å². The summed E-state index contributed by atoms with van der Waals surface area (Å²) in [7, 11) is 0. The van der Waals surface area contributed by atoms with Crippen LogP contribution in [0.4, 0.5) is 0 Å². The van der Waals surface area contributed by atoms with Crippen molar-refractivity contribution in [1.29, 1.82) is 0 Å². The van der Waals surface area contributed by atoms with Gasteiger partial charge >= 0.3 is 0 Å². The van der Waals surface area contributed by atoms with Gasteiger partial charge in [-0.1, -0.05) is 36.5 Å². The van der Waals surface area contributed by atoms with E-state index in [0.29, 0.717) is 15.9 Å². The van der Waals surface area contributed by atoms with Gasteiger partial charge in [0.25, 0.3) is 0 Å². The lowest BCUT2D eigenvalue weighted by Crippen LogP contribution is -2.03. The van der Waals surface area contributed by atoms with Gasteiger partial charge in [0.05, 0.1) is 27.8 Å². The molecule has 0 radical (unpaired) electrons. The second-order valence-corrected chi connectivity index (χ2v) is 5.09. The van der Waals surface area contributed by atoms with E-state index in [0.717, 1.165) is 29.8 Å². The van der Waals surface area contributed by atoms with Crippen molar-refractivity contribution in [3.63, 3.8) is 0 Å². The minimum atomic E-state index is 0.469. The maximum absolute atomic E-state index is 6.03. The second kappa shape index (κ2) is 5.96. The first-order chi connectivity index (χ1) is 8.67. The molecule has 5 heteroatoms. The fourth-order valence-corrected chi connectivity index (χ4v) is 2.38. The first-order valence-corrected chi connectivity index (χ1v) is 7.03. The van der Waals surface area contributed by atoms with E-state index in [1.165, 1.54) is 0 Å². The highest BCUT2D eigenvalue weighted by atomic mass is 35.5. The molecule has 2 nitrogen and oxygen atoms in total. The van der Waals surface area contributed by atoms with Crippen LogP contribution < -0.4 is 0 Å². The van der Waals surface area contributed by atoms with Crippen molar-refractivity contribution in [2.24, 2.45) is 0 Å². The van der Waals surface area contributed by atoms with Gasteiger partial charge in [-0.3, -0.25) is 0 Å². The molecule has 2 rings (SSSR count). The summed E-state index contributed by atoms with van der Waals surface area (Å²) >= 11 is 17.9. The van der Waals surface area contributed by atoms with Gasteiger partial charge in [-0.15, -0.1) is 11.6 Å². The van der Waals surface area contributed by atoms with E-state index < -0.39 is 0 Å². The molecule has 0 spiro atoms. The fraction of sp³-hybridized carbons (Fsp3) is 0.308. The van der Waals surface area contributed by atoms with Crippen molar-refractivity contribution in [2.75, 3.05) is 0 Å². The minimum Gasteiger partial charge on any atom is -0.237 e. The predicted molar refractivity (Wildman–Crippen MR) is 77.1 cm³/mol. The maximum atomic E-state index is 6.03. The number of benzene rings is 1. The fourth-order valence-electron chi connectivity index (χ4n) is 1.86. The minimum absolute atomic E-state index is 0.469. The summed E-state index contributed by atoms with van der Waals surface area (Å²) in [6, 6.07) is 5.49. The molecule has 2 aromatic rings. The molecule has 0 unspecified atom stereocenters. The van der Waals surface area contributed by atoms with Crippen LogP contribution in [0.1, 0.15) is 24.6 Å². The summed E-state index contributed by atoms with van der Waals surface area (Å²) in [6.07, 6.45) is 3.78. The standard InChI is InChI=1S/C13H13Cl3N2/c1-2-3-13-9(7-14)8-17-18(13)10-4-5-11(15)12(16)6-10/h4-6,8H,2-3,7H2,1H3. The molecule has 0 aliphatic carbocycles. The molecule has 0 saturated heterocycles. The van der Waals surface area contributed by atoms with Crippen molar-refractivity contribution >= 4 is 34.8 Å². The van der Waals surface area contributed by atoms with E-state index in [2.05, 4.69) is 12.0 Å². The predicted octanol–water partition coefficient (Wildman–Crippen LogP) is 4.87. The maximum Gasteiger partial charge on any atom is 0.0664 e. The number of alkyl halides is 1. The van der Waals surface area contributed by atoms with E-state index in [4.69, 9.17) is 34.8 Å². The molecule has 0 bridgehead atoms. The molecule has 1 heterocycles. The van der Waals surface area contributed by atoms with E-state index in [1.807, 2.05) is 16.8 Å². The van der Waals surface area contributed by atoms with Crippen molar-refractivity contribution in [1.82, 2.24) is 9.78 Å². The first-order valence-electron chi connectivity index (χ1n) is 5.74. The molecule has 1 aromatic heterocycles. The van der Waals surface area contributed by atoms with Crippen molar-refractivity contribution < 1.29 is 0 Å². The van der Waals surface area contributed by atoms with Crippen LogP contribution in [0.15, 0.2) is 24.4 Å². The summed E-state index contributed by atoms with van der Waals surface area (Å²) in [5, 5.41) is 5.45. The topological polar surface area (TPSA) is 17.8 Å². The molecule has 0 aliphatic rings. The van der Waals surface area contributed by atoms with Gasteiger partial charge in [0.15, 0.2) is 0 Å². The Morgan fingerprint density at radius 1 is 1.22 bits per heavy atom. The molecule has 0 N–H and O–H groups in total. The Hall–Kier alpha value is -0.700. The Balaban J connectivity index is 2.49. The van der Waals surface area contributed by atoms with E-state index in [1.54, 1.807) is 12.3 Å². The largest absolute Gasteiger partial charge is 0.237 e. The van der Waals surface area contributed by atoms with Crippen LogP contribution in [0.5, 0.6) is 0 Å². The Labute approximate surface area is 121 Å². The molecule has 0 saturated carbocycles. The number of aromatic nitrogens is 2. The SMILES string of the molecule is CCCc1c(CCl)cnn1-c1ccc(Cl)c(Cl)c1. The number of halogens is 3. The van der Waals surface area contributed by atoms with Crippen LogP contribution in [0.2, 0.25) is 10.0 Å². The zero-order chi connectivity index (χ0) is 13.1. The van der Waals surface area contributed by atoms with E-state index in [-0.39, 0.29) is 0 Å². The zero-order valence-corrected chi connectivity index (χ0v) is 12.2. The monoisotopic (exact) mass is 302 g/mol. The smallest absolute Gasteiger partial charge is 0.0664 e. The second-order valence-electron chi connectivity index (χ2n) is 4.01. The van der Waals surface area contributed by atoms with Crippen LogP contribution in [0.25, 0.3) is 5.69 Å². The van der Waals surface area contributed by atoms with Gasteiger partial charge in [0, 0.05) is 11.3 Å². The summed E-state index contributed by atoms with van der Waals surface area (Å²) < 4.78 is 1.88. The number of hydrogen-bond donors (Lipinski definition) is 0. The lowest BCUT2D eigenvalue weighted by molar-refractivity contribution is 0.771. The van der Waals surface area contributed by atoms with Crippen molar-refractivity contribution in [2.45, 2.75) is 25.6 Å². The summed E-state index contributed by atoms with van der Waals surface area (Å²) in [4.78, 5) is 0.